The maximum absolute atomic E-state index is 13.9. The Morgan fingerprint density at radius 1 is 1.12 bits per heavy atom. The molecule has 0 aromatic heterocycles. The molecule has 4 rings (SSSR count). The van der Waals surface area contributed by atoms with Crippen LogP contribution in [0.25, 0.3) is 11.1 Å². The van der Waals surface area contributed by atoms with Crippen LogP contribution in [0.1, 0.15) is 36.5 Å². The molecule has 2 amide bonds. The molecule has 5 nitrogen and oxygen atoms in total. The first-order valence-corrected chi connectivity index (χ1v) is 11.3. The molecule has 3 N–H and O–H groups in total. The van der Waals surface area contributed by atoms with E-state index in [1.54, 1.807) is 17.9 Å². The monoisotopic (exact) mass is 445 g/mol. The highest BCUT2D eigenvalue weighted by Crippen LogP contribution is 2.30. The lowest BCUT2D eigenvalue weighted by Gasteiger charge is -2.26. The molecule has 0 spiro atoms. The molecule has 1 aliphatic heterocycles. The minimum absolute atomic E-state index is 0.173. The Bertz CT molecular complexity index is 1160. The number of aryl methyl sites for hydroxylation is 1. The first-order chi connectivity index (χ1) is 16.0. The van der Waals surface area contributed by atoms with E-state index in [1.165, 1.54) is 12.1 Å². The van der Waals surface area contributed by atoms with Crippen LogP contribution in [0.2, 0.25) is 0 Å². The summed E-state index contributed by atoms with van der Waals surface area (Å²) < 4.78 is 13.9. The summed E-state index contributed by atoms with van der Waals surface area (Å²) in [5.74, 6) is -0.687. The second-order valence-electron chi connectivity index (χ2n) is 8.27. The third-order valence-corrected chi connectivity index (χ3v) is 6.10. The summed E-state index contributed by atoms with van der Waals surface area (Å²) in [7, 11) is 0. The number of fused-ring (bicyclic) bond motifs is 1. The standard InChI is InChI=1S/C27H28FN3O2/c1-2-26(32)30-24-13-11-20-15-22(28)12-14-25(20)31(27(24)33)17-18-7-9-19(10-8-18)23-6-4-3-5-21(23)16-29/h3-10,12,14-15,24H,2,11,13,16-17,29H2,1H3,(H,30,32)/t24-/m1/s1. The molecule has 0 saturated carbocycles. The molecular formula is C27H28FN3O2. The van der Waals surface area contributed by atoms with E-state index in [0.29, 0.717) is 38.0 Å². The molecule has 170 valence electrons. The number of rotatable bonds is 6. The molecule has 1 heterocycles. The fraction of sp³-hybridized carbons (Fsp3) is 0.259. The normalized spacial score (nSPS) is 15.7. The highest BCUT2D eigenvalue weighted by atomic mass is 19.1. The Hall–Kier alpha value is -3.51. The summed E-state index contributed by atoms with van der Waals surface area (Å²) in [6.07, 6.45) is 1.25. The van der Waals surface area contributed by atoms with E-state index < -0.39 is 6.04 Å². The van der Waals surface area contributed by atoms with Crippen LogP contribution in [0.4, 0.5) is 10.1 Å². The SMILES string of the molecule is CCC(=O)N[C@@H]1CCc2cc(F)ccc2N(Cc2ccc(-c3ccccc3CN)cc2)C1=O. The van der Waals surface area contributed by atoms with Crippen LogP contribution in [0.5, 0.6) is 0 Å². The van der Waals surface area contributed by atoms with Crippen molar-refractivity contribution >= 4 is 17.5 Å². The molecule has 0 saturated heterocycles. The number of nitrogens with zero attached hydrogens (tertiary/aromatic N) is 1. The lowest BCUT2D eigenvalue weighted by molar-refractivity contribution is -0.127. The Morgan fingerprint density at radius 3 is 2.61 bits per heavy atom. The number of amides is 2. The number of hydrogen-bond donors (Lipinski definition) is 2. The van der Waals surface area contributed by atoms with Crippen molar-refractivity contribution in [2.75, 3.05) is 4.90 Å². The Balaban J connectivity index is 1.64. The molecule has 1 aliphatic rings. The van der Waals surface area contributed by atoms with Gasteiger partial charge in [-0.05, 0) is 58.9 Å². The van der Waals surface area contributed by atoms with Crippen LogP contribution in [0.15, 0.2) is 66.7 Å². The number of halogens is 1. The molecule has 0 bridgehead atoms. The van der Waals surface area contributed by atoms with Gasteiger partial charge in [0.1, 0.15) is 11.9 Å². The van der Waals surface area contributed by atoms with Crippen molar-refractivity contribution in [1.29, 1.82) is 0 Å². The second-order valence-corrected chi connectivity index (χ2v) is 8.27. The van der Waals surface area contributed by atoms with Crippen molar-refractivity contribution in [3.8, 4) is 11.1 Å². The summed E-state index contributed by atoms with van der Waals surface area (Å²) in [5.41, 5.74) is 11.5. The second kappa shape index (κ2) is 9.96. The fourth-order valence-corrected chi connectivity index (χ4v) is 4.29. The van der Waals surface area contributed by atoms with Gasteiger partial charge in [-0.25, -0.2) is 4.39 Å². The van der Waals surface area contributed by atoms with Crippen LogP contribution < -0.4 is 16.0 Å². The van der Waals surface area contributed by atoms with Gasteiger partial charge in [-0.15, -0.1) is 0 Å². The van der Waals surface area contributed by atoms with E-state index in [4.69, 9.17) is 5.73 Å². The van der Waals surface area contributed by atoms with Crippen LogP contribution in [0.3, 0.4) is 0 Å². The van der Waals surface area contributed by atoms with E-state index in [1.807, 2.05) is 48.5 Å². The Labute approximate surface area is 193 Å². The van der Waals surface area contributed by atoms with Gasteiger partial charge >= 0.3 is 0 Å². The Kier molecular flexibility index (Phi) is 6.84. The maximum atomic E-state index is 13.9. The molecule has 0 aliphatic carbocycles. The van der Waals surface area contributed by atoms with Crippen LogP contribution >= 0.6 is 0 Å². The van der Waals surface area contributed by atoms with Crippen LogP contribution in [0, 0.1) is 5.82 Å². The zero-order valence-corrected chi connectivity index (χ0v) is 18.7. The highest BCUT2D eigenvalue weighted by molar-refractivity contribution is 6.00. The average molecular weight is 446 g/mol. The minimum Gasteiger partial charge on any atom is -0.344 e. The summed E-state index contributed by atoms with van der Waals surface area (Å²) in [5, 5.41) is 2.83. The quantitative estimate of drug-likeness (QED) is 0.593. The van der Waals surface area contributed by atoms with E-state index in [-0.39, 0.29) is 17.6 Å². The summed E-state index contributed by atoms with van der Waals surface area (Å²) in [6.45, 7) is 2.54. The molecule has 33 heavy (non-hydrogen) atoms. The lowest BCUT2D eigenvalue weighted by Crippen LogP contribution is -2.47. The molecule has 0 radical (unpaired) electrons. The average Bonchev–Trinajstić information content (AvgIpc) is 2.96. The van der Waals surface area contributed by atoms with Gasteiger partial charge in [0.15, 0.2) is 0 Å². The third-order valence-electron chi connectivity index (χ3n) is 6.10. The number of carbonyl (C=O) groups is 2. The maximum Gasteiger partial charge on any atom is 0.249 e. The van der Waals surface area contributed by atoms with Crippen LogP contribution in [-0.4, -0.2) is 17.9 Å². The van der Waals surface area contributed by atoms with Gasteiger partial charge in [-0.1, -0.05) is 55.5 Å². The van der Waals surface area contributed by atoms with Crippen LogP contribution in [-0.2, 0) is 29.1 Å². The summed E-state index contributed by atoms with van der Waals surface area (Å²) in [6, 6.07) is 19.9. The first-order valence-electron chi connectivity index (χ1n) is 11.3. The largest absolute Gasteiger partial charge is 0.344 e. The summed E-state index contributed by atoms with van der Waals surface area (Å²) >= 11 is 0. The number of carbonyl (C=O) groups excluding carboxylic acids is 2. The van der Waals surface area contributed by atoms with Gasteiger partial charge in [0.2, 0.25) is 11.8 Å². The number of hydrogen-bond acceptors (Lipinski definition) is 3. The van der Waals surface area contributed by atoms with E-state index >= 15 is 0 Å². The van der Waals surface area contributed by atoms with Gasteiger partial charge in [0, 0.05) is 18.7 Å². The Morgan fingerprint density at radius 2 is 1.88 bits per heavy atom. The zero-order valence-electron chi connectivity index (χ0n) is 18.7. The van der Waals surface area contributed by atoms with Gasteiger partial charge in [0.05, 0.1) is 6.54 Å². The number of nitrogens with two attached hydrogens (primary N) is 1. The van der Waals surface area contributed by atoms with Crippen molar-refractivity contribution in [2.45, 2.75) is 45.3 Å². The molecule has 3 aromatic carbocycles. The molecular weight excluding hydrogens is 417 g/mol. The predicted octanol–water partition coefficient (Wildman–Crippen LogP) is 4.33. The van der Waals surface area contributed by atoms with Crippen molar-refractivity contribution in [3.05, 3.63) is 89.2 Å². The van der Waals surface area contributed by atoms with Crippen molar-refractivity contribution < 1.29 is 14.0 Å². The summed E-state index contributed by atoms with van der Waals surface area (Å²) in [4.78, 5) is 27.1. The fourth-order valence-electron chi connectivity index (χ4n) is 4.29. The van der Waals surface area contributed by atoms with E-state index in [0.717, 1.165) is 27.8 Å². The molecule has 3 aromatic rings. The van der Waals surface area contributed by atoms with Crippen molar-refractivity contribution in [2.24, 2.45) is 5.73 Å². The van der Waals surface area contributed by atoms with Gasteiger partial charge in [0.25, 0.3) is 0 Å². The van der Waals surface area contributed by atoms with E-state index in [2.05, 4.69) is 5.32 Å². The zero-order chi connectivity index (χ0) is 23.4. The van der Waals surface area contributed by atoms with E-state index in [9.17, 15) is 14.0 Å². The molecule has 1 atom stereocenters. The number of benzene rings is 3. The van der Waals surface area contributed by atoms with Gasteiger partial charge in [-0.2, -0.15) is 0 Å². The first kappa shape index (κ1) is 22.7. The smallest absolute Gasteiger partial charge is 0.249 e. The molecule has 0 unspecified atom stereocenters. The molecule has 6 heteroatoms. The number of nitrogens with one attached hydrogen (secondary N) is 1. The third kappa shape index (κ3) is 4.96. The van der Waals surface area contributed by atoms with Gasteiger partial charge in [-0.3, -0.25) is 9.59 Å². The van der Waals surface area contributed by atoms with Crippen molar-refractivity contribution in [1.82, 2.24) is 5.32 Å². The lowest BCUT2D eigenvalue weighted by atomic mass is 9.98. The van der Waals surface area contributed by atoms with Crippen molar-refractivity contribution in [3.63, 3.8) is 0 Å². The molecule has 0 fully saturated rings. The highest BCUT2D eigenvalue weighted by Gasteiger charge is 2.31. The predicted molar refractivity (Wildman–Crippen MR) is 128 cm³/mol. The van der Waals surface area contributed by atoms with Gasteiger partial charge < -0.3 is 16.0 Å². The number of anilines is 1. The minimum atomic E-state index is -0.636. The topological polar surface area (TPSA) is 75.4 Å².